The Kier molecular flexibility index (Phi) is 5.50. The second-order valence-electron chi connectivity index (χ2n) is 6.07. The number of carbonyl (C=O) groups is 1. The maximum atomic E-state index is 12.4. The number of anilines is 3. The number of aryl methyl sites for hydroxylation is 1. The van der Waals surface area contributed by atoms with Gasteiger partial charge in [0.15, 0.2) is 4.90 Å². The molecule has 3 rings (SSSR count). The molecular formula is C18H17N5O5S. The molecule has 150 valence electrons. The van der Waals surface area contributed by atoms with Crippen LogP contribution in [0.1, 0.15) is 5.56 Å². The molecule has 0 saturated heterocycles. The molecule has 0 aliphatic heterocycles. The summed E-state index contributed by atoms with van der Waals surface area (Å²) in [5, 5.41) is 5.26. The van der Waals surface area contributed by atoms with E-state index >= 15 is 0 Å². The average molecular weight is 415 g/mol. The second-order valence-corrected chi connectivity index (χ2v) is 7.72. The molecule has 0 bridgehead atoms. The maximum Gasteiger partial charge on any atom is 0.325 e. The van der Waals surface area contributed by atoms with Crippen LogP contribution >= 0.6 is 0 Å². The molecule has 2 amide bonds. The van der Waals surface area contributed by atoms with Gasteiger partial charge in [0.05, 0.1) is 5.69 Å². The van der Waals surface area contributed by atoms with Crippen molar-refractivity contribution in [1.82, 2.24) is 9.97 Å². The minimum atomic E-state index is -4.25. The Morgan fingerprint density at radius 1 is 0.931 bits per heavy atom. The normalized spacial score (nSPS) is 10.9. The molecule has 1 heterocycles. The summed E-state index contributed by atoms with van der Waals surface area (Å²) in [6.45, 7) is 1.89. The van der Waals surface area contributed by atoms with Crippen molar-refractivity contribution in [3.8, 4) is 0 Å². The Balaban J connectivity index is 1.74. The number of sulfonamides is 1. The molecule has 3 aromatic rings. The fourth-order valence-electron chi connectivity index (χ4n) is 2.48. The lowest BCUT2D eigenvalue weighted by Gasteiger charge is -2.11. The maximum absolute atomic E-state index is 12.4. The van der Waals surface area contributed by atoms with Crippen LogP contribution in [0, 0.1) is 6.92 Å². The highest BCUT2D eigenvalue weighted by Gasteiger charge is 2.19. The van der Waals surface area contributed by atoms with Crippen molar-refractivity contribution in [3.63, 3.8) is 0 Å². The number of amides is 2. The van der Waals surface area contributed by atoms with Crippen molar-refractivity contribution in [2.75, 3.05) is 15.4 Å². The van der Waals surface area contributed by atoms with E-state index in [0.29, 0.717) is 11.4 Å². The zero-order chi connectivity index (χ0) is 21.0. The molecule has 0 spiro atoms. The van der Waals surface area contributed by atoms with Crippen LogP contribution in [0.4, 0.5) is 21.9 Å². The molecule has 0 atom stereocenters. The van der Waals surface area contributed by atoms with Gasteiger partial charge in [-0.1, -0.05) is 18.2 Å². The van der Waals surface area contributed by atoms with E-state index < -0.39 is 32.2 Å². The van der Waals surface area contributed by atoms with Crippen LogP contribution in [0.2, 0.25) is 0 Å². The summed E-state index contributed by atoms with van der Waals surface area (Å²) in [4.78, 5) is 38.2. The zero-order valence-electron chi connectivity index (χ0n) is 15.1. The molecule has 0 aliphatic rings. The van der Waals surface area contributed by atoms with Gasteiger partial charge in [-0.05, 0) is 42.8 Å². The number of nitrogens with one attached hydrogen (secondary N) is 5. The Morgan fingerprint density at radius 2 is 1.55 bits per heavy atom. The minimum Gasteiger partial charge on any atom is -0.313 e. The fourth-order valence-corrected chi connectivity index (χ4v) is 3.54. The predicted molar refractivity (Wildman–Crippen MR) is 109 cm³/mol. The monoisotopic (exact) mass is 415 g/mol. The van der Waals surface area contributed by atoms with Gasteiger partial charge in [0.25, 0.3) is 15.6 Å². The predicted octanol–water partition coefficient (Wildman–Crippen LogP) is 1.82. The molecule has 0 saturated carbocycles. The molecule has 0 aliphatic carbocycles. The Morgan fingerprint density at radius 3 is 2.21 bits per heavy atom. The van der Waals surface area contributed by atoms with Crippen molar-refractivity contribution in [2.45, 2.75) is 11.8 Å². The molecule has 2 aromatic carbocycles. The quantitative estimate of drug-likeness (QED) is 0.430. The lowest BCUT2D eigenvalue weighted by atomic mass is 10.2. The first-order valence-corrected chi connectivity index (χ1v) is 9.81. The van der Waals surface area contributed by atoms with E-state index in [2.05, 4.69) is 20.3 Å². The lowest BCUT2D eigenvalue weighted by molar-refractivity contribution is 0.262. The third-order valence-corrected chi connectivity index (χ3v) is 5.11. The molecule has 10 nitrogen and oxygen atoms in total. The SMILES string of the molecule is Cc1cccc(NC(=O)Nc2cccc(NS(=O)(=O)c3c[nH]c(=O)[nH]c3=O)c2)c1. The van der Waals surface area contributed by atoms with Gasteiger partial charge in [-0.2, -0.15) is 0 Å². The molecule has 0 unspecified atom stereocenters. The summed E-state index contributed by atoms with van der Waals surface area (Å²) in [7, 11) is -4.25. The Labute approximate surface area is 165 Å². The van der Waals surface area contributed by atoms with E-state index in [0.717, 1.165) is 11.8 Å². The molecule has 1 aromatic heterocycles. The van der Waals surface area contributed by atoms with Gasteiger partial charge in [-0.3, -0.25) is 14.5 Å². The summed E-state index contributed by atoms with van der Waals surface area (Å²) in [6.07, 6.45) is 0.806. The summed E-state index contributed by atoms with van der Waals surface area (Å²) in [5.74, 6) is 0. The van der Waals surface area contributed by atoms with E-state index in [-0.39, 0.29) is 5.69 Å². The molecular weight excluding hydrogens is 398 g/mol. The number of H-pyrrole nitrogens is 2. The first-order valence-electron chi connectivity index (χ1n) is 8.32. The van der Waals surface area contributed by atoms with Gasteiger partial charge >= 0.3 is 11.7 Å². The van der Waals surface area contributed by atoms with Gasteiger partial charge in [-0.15, -0.1) is 0 Å². The minimum absolute atomic E-state index is 0.115. The van der Waals surface area contributed by atoms with Crippen LogP contribution in [0.3, 0.4) is 0 Å². The van der Waals surface area contributed by atoms with Gasteiger partial charge < -0.3 is 15.6 Å². The van der Waals surface area contributed by atoms with Crippen LogP contribution in [-0.4, -0.2) is 24.4 Å². The number of benzene rings is 2. The van der Waals surface area contributed by atoms with E-state index in [4.69, 9.17) is 0 Å². The topological polar surface area (TPSA) is 153 Å². The van der Waals surface area contributed by atoms with Crippen LogP contribution in [0.5, 0.6) is 0 Å². The molecule has 11 heteroatoms. The van der Waals surface area contributed by atoms with Crippen molar-refractivity contribution in [1.29, 1.82) is 0 Å². The third-order valence-electron chi connectivity index (χ3n) is 3.72. The van der Waals surface area contributed by atoms with Gasteiger partial charge in [-0.25, -0.2) is 18.0 Å². The number of rotatable bonds is 5. The first kappa shape index (κ1) is 19.9. The van der Waals surface area contributed by atoms with E-state index in [1.165, 1.54) is 18.2 Å². The number of carbonyl (C=O) groups excluding carboxylic acids is 1. The molecule has 5 N–H and O–H groups in total. The number of urea groups is 1. The van der Waals surface area contributed by atoms with Crippen LogP contribution in [-0.2, 0) is 10.0 Å². The van der Waals surface area contributed by atoms with Gasteiger partial charge in [0, 0.05) is 17.6 Å². The van der Waals surface area contributed by atoms with Crippen molar-refractivity contribution in [3.05, 3.63) is 81.1 Å². The lowest BCUT2D eigenvalue weighted by Crippen LogP contribution is -2.29. The highest BCUT2D eigenvalue weighted by Crippen LogP contribution is 2.18. The number of aromatic amines is 2. The Hall–Kier alpha value is -3.86. The summed E-state index contributed by atoms with van der Waals surface area (Å²) in [6, 6.07) is 12.6. The molecule has 29 heavy (non-hydrogen) atoms. The van der Waals surface area contributed by atoms with E-state index in [1.54, 1.807) is 24.3 Å². The standard InChI is InChI=1S/C18H17N5O5S/c1-11-4-2-5-12(8-11)20-18(26)21-13-6-3-7-14(9-13)23-29(27,28)15-10-19-17(25)22-16(15)24/h2-10,23H,1H3,(H2,20,21,26)(H2,19,22,24,25). The second kappa shape index (κ2) is 8.02. The molecule has 0 fully saturated rings. The Bertz CT molecular complexity index is 1280. The number of hydrogen-bond acceptors (Lipinski definition) is 5. The van der Waals surface area contributed by atoms with Crippen molar-refractivity contribution >= 4 is 33.1 Å². The summed E-state index contributed by atoms with van der Waals surface area (Å²) in [5.41, 5.74) is 0.163. The van der Waals surface area contributed by atoms with Gasteiger partial charge in [0.1, 0.15) is 0 Å². The summed E-state index contributed by atoms with van der Waals surface area (Å²) < 4.78 is 27.0. The smallest absolute Gasteiger partial charge is 0.313 e. The number of aromatic nitrogens is 2. The molecule has 0 radical (unpaired) electrons. The van der Waals surface area contributed by atoms with Gasteiger partial charge in [0.2, 0.25) is 0 Å². The van der Waals surface area contributed by atoms with E-state index in [1.807, 2.05) is 18.0 Å². The highest BCUT2D eigenvalue weighted by molar-refractivity contribution is 7.92. The zero-order valence-corrected chi connectivity index (χ0v) is 16.0. The van der Waals surface area contributed by atoms with Crippen LogP contribution < -0.4 is 26.6 Å². The summed E-state index contributed by atoms with van der Waals surface area (Å²) >= 11 is 0. The van der Waals surface area contributed by atoms with Crippen LogP contribution in [0.25, 0.3) is 0 Å². The first-order chi connectivity index (χ1) is 13.7. The number of hydrogen-bond donors (Lipinski definition) is 5. The highest BCUT2D eigenvalue weighted by atomic mass is 32.2. The largest absolute Gasteiger partial charge is 0.325 e. The van der Waals surface area contributed by atoms with Crippen molar-refractivity contribution < 1.29 is 13.2 Å². The van der Waals surface area contributed by atoms with Crippen LogP contribution in [0.15, 0.2) is 69.2 Å². The average Bonchev–Trinajstić information content (AvgIpc) is 2.61. The fraction of sp³-hybridized carbons (Fsp3) is 0.0556. The third kappa shape index (κ3) is 5.11. The van der Waals surface area contributed by atoms with Crippen molar-refractivity contribution in [2.24, 2.45) is 0 Å². The van der Waals surface area contributed by atoms with E-state index in [9.17, 15) is 22.8 Å².